The monoisotopic (exact) mass is 256 g/mol. The lowest BCUT2D eigenvalue weighted by Crippen LogP contribution is -2.54. The van der Waals surface area contributed by atoms with E-state index in [1.807, 2.05) is 6.92 Å². The van der Waals surface area contributed by atoms with Gasteiger partial charge in [0, 0.05) is 19.1 Å². The van der Waals surface area contributed by atoms with Crippen LogP contribution in [0.5, 0.6) is 0 Å². The molecule has 0 aromatic heterocycles. The second kappa shape index (κ2) is 6.53. The first-order valence-electron chi connectivity index (χ1n) is 6.92. The van der Waals surface area contributed by atoms with Crippen LogP contribution in [0, 0.1) is 5.92 Å². The van der Waals surface area contributed by atoms with E-state index in [4.69, 9.17) is 4.74 Å². The fraction of sp³-hybridized carbons (Fsp3) is 0.929. The van der Waals surface area contributed by atoms with Crippen LogP contribution < -0.4 is 5.32 Å². The fourth-order valence-corrected chi connectivity index (χ4v) is 2.34. The van der Waals surface area contributed by atoms with Crippen LogP contribution in [0.2, 0.25) is 0 Å². The van der Waals surface area contributed by atoms with Crippen LogP contribution in [0.4, 0.5) is 0 Å². The predicted molar refractivity (Wildman–Crippen MR) is 73.5 cm³/mol. The quantitative estimate of drug-likeness (QED) is 0.671. The zero-order chi connectivity index (χ0) is 13.8. The molecule has 0 aliphatic heterocycles. The molecule has 4 heteroatoms. The van der Waals surface area contributed by atoms with Crippen LogP contribution in [0.25, 0.3) is 0 Å². The van der Waals surface area contributed by atoms with Crippen LogP contribution in [0.1, 0.15) is 40.0 Å². The predicted octanol–water partition coefficient (Wildman–Crippen LogP) is 1.65. The number of nitrogens with zero attached hydrogens (tertiary/aromatic N) is 1. The first-order valence-corrected chi connectivity index (χ1v) is 6.92. The van der Waals surface area contributed by atoms with E-state index in [1.165, 1.54) is 20.0 Å². The van der Waals surface area contributed by atoms with Crippen molar-refractivity contribution in [2.45, 2.75) is 51.6 Å². The van der Waals surface area contributed by atoms with E-state index in [1.54, 1.807) is 0 Å². The number of esters is 1. The number of rotatable bonds is 8. The van der Waals surface area contributed by atoms with E-state index < -0.39 is 5.54 Å². The molecule has 4 nitrogen and oxygen atoms in total. The smallest absolute Gasteiger partial charge is 0.325 e. The number of methoxy groups -OCH3 is 1. The minimum Gasteiger partial charge on any atom is -0.468 e. The molecule has 1 aliphatic carbocycles. The van der Waals surface area contributed by atoms with Gasteiger partial charge in [-0.25, -0.2) is 0 Å². The van der Waals surface area contributed by atoms with Crippen molar-refractivity contribution in [3.8, 4) is 0 Å². The summed E-state index contributed by atoms with van der Waals surface area (Å²) in [4.78, 5) is 14.2. The topological polar surface area (TPSA) is 41.6 Å². The van der Waals surface area contributed by atoms with Gasteiger partial charge in [-0.15, -0.1) is 0 Å². The SMILES string of the molecule is COC(=O)C(C)(CCN(C)CC1CC1)NC(C)C. The molecule has 0 amide bonds. The van der Waals surface area contributed by atoms with Crippen LogP contribution in [-0.2, 0) is 9.53 Å². The first kappa shape index (κ1) is 15.4. The van der Waals surface area contributed by atoms with Crippen molar-refractivity contribution in [3.63, 3.8) is 0 Å². The van der Waals surface area contributed by atoms with Crippen molar-refractivity contribution in [3.05, 3.63) is 0 Å². The summed E-state index contributed by atoms with van der Waals surface area (Å²) in [7, 11) is 3.59. The molecular formula is C14H28N2O2. The minimum absolute atomic E-state index is 0.170. The van der Waals surface area contributed by atoms with Gasteiger partial charge in [0.15, 0.2) is 0 Å². The Hall–Kier alpha value is -0.610. The van der Waals surface area contributed by atoms with Crippen molar-refractivity contribution < 1.29 is 9.53 Å². The van der Waals surface area contributed by atoms with Crippen molar-refractivity contribution in [2.75, 3.05) is 27.2 Å². The maximum Gasteiger partial charge on any atom is 0.325 e. The highest BCUT2D eigenvalue weighted by molar-refractivity contribution is 5.80. The van der Waals surface area contributed by atoms with Gasteiger partial charge in [-0.05, 0) is 53.0 Å². The molecule has 1 unspecified atom stereocenters. The Morgan fingerprint density at radius 3 is 2.56 bits per heavy atom. The summed E-state index contributed by atoms with van der Waals surface area (Å²) in [5.74, 6) is 0.716. The van der Waals surface area contributed by atoms with Gasteiger partial charge in [-0.3, -0.25) is 10.1 Å². The lowest BCUT2D eigenvalue weighted by atomic mass is 9.96. The average molecular weight is 256 g/mol. The van der Waals surface area contributed by atoms with Gasteiger partial charge >= 0.3 is 5.97 Å². The summed E-state index contributed by atoms with van der Waals surface area (Å²) in [5, 5.41) is 3.33. The highest BCUT2D eigenvalue weighted by Crippen LogP contribution is 2.29. The summed E-state index contributed by atoms with van der Waals surface area (Å²) in [5.41, 5.74) is -0.583. The molecule has 18 heavy (non-hydrogen) atoms. The zero-order valence-corrected chi connectivity index (χ0v) is 12.5. The molecule has 0 heterocycles. The highest BCUT2D eigenvalue weighted by Gasteiger charge is 2.35. The number of carbonyl (C=O) groups is 1. The van der Waals surface area contributed by atoms with Gasteiger partial charge in [0.2, 0.25) is 0 Å². The van der Waals surface area contributed by atoms with Crippen molar-refractivity contribution in [1.82, 2.24) is 10.2 Å². The Morgan fingerprint density at radius 2 is 2.11 bits per heavy atom. The molecule has 0 bridgehead atoms. The van der Waals surface area contributed by atoms with Crippen molar-refractivity contribution >= 4 is 5.97 Å². The maximum atomic E-state index is 11.9. The molecule has 1 N–H and O–H groups in total. The third kappa shape index (κ3) is 4.94. The highest BCUT2D eigenvalue weighted by atomic mass is 16.5. The van der Waals surface area contributed by atoms with E-state index in [9.17, 15) is 4.79 Å². The van der Waals surface area contributed by atoms with Gasteiger partial charge in [-0.2, -0.15) is 0 Å². The Balaban J connectivity index is 2.46. The molecule has 1 aliphatic rings. The van der Waals surface area contributed by atoms with Crippen molar-refractivity contribution in [1.29, 1.82) is 0 Å². The van der Waals surface area contributed by atoms with Crippen LogP contribution in [-0.4, -0.2) is 49.7 Å². The Kier molecular flexibility index (Phi) is 5.60. The van der Waals surface area contributed by atoms with Gasteiger partial charge in [0.25, 0.3) is 0 Å². The summed E-state index contributed by atoms with van der Waals surface area (Å²) in [6.07, 6.45) is 3.51. The van der Waals surface area contributed by atoms with E-state index in [2.05, 4.69) is 31.1 Å². The van der Waals surface area contributed by atoms with Gasteiger partial charge < -0.3 is 9.64 Å². The number of nitrogens with one attached hydrogen (secondary N) is 1. The zero-order valence-electron chi connectivity index (χ0n) is 12.5. The lowest BCUT2D eigenvalue weighted by molar-refractivity contribution is -0.148. The lowest BCUT2D eigenvalue weighted by Gasteiger charge is -2.32. The number of ether oxygens (including phenoxy) is 1. The number of hydrogen-bond donors (Lipinski definition) is 1. The largest absolute Gasteiger partial charge is 0.468 e. The Labute approximate surface area is 111 Å². The van der Waals surface area contributed by atoms with E-state index >= 15 is 0 Å². The molecule has 0 saturated heterocycles. The molecule has 0 spiro atoms. The summed E-state index contributed by atoms with van der Waals surface area (Å²) < 4.78 is 4.92. The average Bonchev–Trinajstić information content (AvgIpc) is 3.08. The molecule has 0 aromatic rings. The normalized spacial score (nSPS) is 19.1. The standard InChI is InChI=1S/C14H28N2O2/c1-11(2)15-14(3,13(17)18-5)8-9-16(4)10-12-6-7-12/h11-12,15H,6-10H2,1-5H3. The number of hydrogen-bond acceptors (Lipinski definition) is 4. The van der Waals surface area contributed by atoms with Crippen molar-refractivity contribution in [2.24, 2.45) is 5.92 Å². The molecule has 1 atom stereocenters. The van der Waals surface area contributed by atoms with Gasteiger partial charge in [0.05, 0.1) is 7.11 Å². The van der Waals surface area contributed by atoms with Crippen LogP contribution in [0.3, 0.4) is 0 Å². The van der Waals surface area contributed by atoms with E-state index in [0.717, 1.165) is 25.4 Å². The molecule has 1 fully saturated rings. The molecule has 0 aromatic carbocycles. The Bertz CT molecular complexity index is 277. The third-order valence-corrected chi connectivity index (χ3v) is 3.50. The summed E-state index contributed by atoms with van der Waals surface area (Å²) >= 11 is 0. The van der Waals surface area contributed by atoms with E-state index in [-0.39, 0.29) is 12.0 Å². The summed E-state index contributed by atoms with van der Waals surface area (Å²) in [6.45, 7) is 8.11. The minimum atomic E-state index is -0.583. The summed E-state index contributed by atoms with van der Waals surface area (Å²) in [6, 6.07) is 0.267. The molecule has 0 radical (unpaired) electrons. The van der Waals surface area contributed by atoms with Crippen LogP contribution >= 0.6 is 0 Å². The second-order valence-electron chi connectivity index (χ2n) is 6.08. The first-order chi connectivity index (χ1) is 8.37. The molecular weight excluding hydrogens is 228 g/mol. The second-order valence-corrected chi connectivity index (χ2v) is 6.08. The van der Waals surface area contributed by atoms with E-state index in [0.29, 0.717) is 0 Å². The fourth-order valence-electron chi connectivity index (χ4n) is 2.34. The van der Waals surface area contributed by atoms with Crippen LogP contribution in [0.15, 0.2) is 0 Å². The number of carbonyl (C=O) groups excluding carboxylic acids is 1. The van der Waals surface area contributed by atoms with Gasteiger partial charge in [-0.1, -0.05) is 0 Å². The molecule has 1 saturated carbocycles. The molecule has 106 valence electrons. The molecule has 1 rings (SSSR count). The third-order valence-electron chi connectivity index (χ3n) is 3.50. The Morgan fingerprint density at radius 1 is 1.50 bits per heavy atom. The van der Waals surface area contributed by atoms with Gasteiger partial charge in [0.1, 0.15) is 5.54 Å². The maximum absolute atomic E-state index is 11.9.